The van der Waals surface area contributed by atoms with Gasteiger partial charge in [-0.1, -0.05) is 27.5 Å². The topological polar surface area (TPSA) is 78.2 Å². The van der Waals surface area contributed by atoms with Gasteiger partial charge in [0.05, 0.1) is 4.92 Å². The molecule has 0 spiro atoms. The molecule has 0 saturated carbocycles. The lowest BCUT2D eigenvalue weighted by molar-refractivity contribution is -0.385. The fourth-order valence-corrected chi connectivity index (χ4v) is 2.16. The summed E-state index contributed by atoms with van der Waals surface area (Å²) in [5.74, 6) is 0.275. The van der Waals surface area contributed by atoms with Crippen molar-refractivity contribution in [2.75, 3.05) is 0 Å². The van der Waals surface area contributed by atoms with E-state index in [1.54, 1.807) is 13.0 Å². The first-order valence-corrected chi connectivity index (χ1v) is 6.24. The number of nitro groups is 1. The van der Waals surface area contributed by atoms with Crippen LogP contribution >= 0.6 is 27.5 Å². The van der Waals surface area contributed by atoms with Crippen LogP contribution in [0, 0.1) is 17.0 Å². The van der Waals surface area contributed by atoms with E-state index in [1.165, 1.54) is 18.5 Å². The van der Waals surface area contributed by atoms with Crippen molar-refractivity contribution in [3.05, 3.63) is 49.8 Å². The molecule has 1 aromatic carbocycles. The summed E-state index contributed by atoms with van der Waals surface area (Å²) in [6.07, 6.45) is 1.22. The van der Waals surface area contributed by atoms with Crippen LogP contribution in [0.25, 0.3) is 0 Å². The summed E-state index contributed by atoms with van der Waals surface area (Å²) in [5, 5.41) is 11.2. The van der Waals surface area contributed by atoms with Crippen molar-refractivity contribution in [1.29, 1.82) is 0 Å². The smallest absolute Gasteiger partial charge is 0.313 e. The van der Waals surface area contributed by atoms with Crippen LogP contribution < -0.4 is 4.74 Å². The number of hydrogen-bond donors (Lipinski definition) is 0. The van der Waals surface area contributed by atoms with Crippen LogP contribution in [-0.2, 0) is 0 Å². The summed E-state index contributed by atoms with van der Waals surface area (Å²) in [6.45, 7) is 1.70. The van der Waals surface area contributed by atoms with Gasteiger partial charge in [0, 0.05) is 22.2 Å². The van der Waals surface area contributed by atoms with Gasteiger partial charge in [0.1, 0.15) is 11.5 Å². The number of hydrogen-bond acceptors (Lipinski definition) is 5. The maximum Gasteiger partial charge on any atom is 0.313 e. The van der Waals surface area contributed by atoms with Gasteiger partial charge in [-0.05, 0) is 13.0 Å². The molecule has 0 amide bonds. The van der Waals surface area contributed by atoms with E-state index in [1.807, 2.05) is 0 Å². The fraction of sp³-hybridized carbons (Fsp3) is 0.0909. The Hall–Kier alpha value is -1.73. The molecule has 0 atom stereocenters. The predicted octanol–water partition coefficient (Wildman–Crippen LogP) is 3.90. The van der Waals surface area contributed by atoms with Crippen LogP contribution in [0.1, 0.15) is 5.56 Å². The van der Waals surface area contributed by atoms with Crippen LogP contribution in [0.3, 0.4) is 0 Å². The Morgan fingerprint density at radius 1 is 1.37 bits per heavy atom. The highest BCUT2D eigenvalue weighted by Crippen LogP contribution is 2.36. The zero-order valence-corrected chi connectivity index (χ0v) is 12.0. The first-order valence-electron chi connectivity index (χ1n) is 5.07. The van der Waals surface area contributed by atoms with Crippen molar-refractivity contribution in [2.45, 2.75) is 6.92 Å². The molecule has 2 aromatic rings. The molecule has 0 aliphatic heterocycles. The minimum absolute atomic E-state index is 0.128. The Kier molecular flexibility index (Phi) is 3.96. The lowest BCUT2D eigenvalue weighted by Gasteiger charge is -2.08. The number of nitrogens with zero attached hydrogens (tertiary/aromatic N) is 3. The van der Waals surface area contributed by atoms with Gasteiger partial charge in [0.2, 0.25) is 11.6 Å². The summed E-state index contributed by atoms with van der Waals surface area (Å²) in [4.78, 5) is 18.1. The number of nitro benzene ring substituents is 1. The van der Waals surface area contributed by atoms with Gasteiger partial charge in [-0.2, -0.15) is 0 Å². The third-order valence-corrected chi connectivity index (χ3v) is 2.90. The largest absolute Gasteiger partial charge is 0.431 e. The lowest BCUT2D eigenvalue weighted by Crippen LogP contribution is -1.97. The predicted molar refractivity (Wildman–Crippen MR) is 72.6 cm³/mol. The van der Waals surface area contributed by atoms with Crippen molar-refractivity contribution in [1.82, 2.24) is 9.97 Å². The van der Waals surface area contributed by atoms with Gasteiger partial charge in [-0.25, -0.2) is 9.97 Å². The van der Waals surface area contributed by atoms with E-state index >= 15 is 0 Å². The maximum absolute atomic E-state index is 11.0. The van der Waals surface area contributed by atoms with Gasteiger partial charge >= 0.3 is 5.69 Å². The third kappa shape index (κ3) is 3.18. The first-order chi connectivity index (χ1) is 8.97. The monoisotopic (exact) mass is 343 g/mol. The molecule has 1 aromatic heterocycles. The summed E-state index contributed by atoms with van der Waals surface area (Å²) in [7, 11) is 0. The normalized spacial score (nSPS) is 10.3. The van der Waals surface area contributed by atoms with Crippen LogP contribution in [0.4, 0.5) is 5.69 Å². The molecule has 0 aliphatic rings. The minimum atomic E-state index is -0.518. The molecule has 0 N–H and O–H groups in total. The number of rotatable bonds is 3. The molecule has 19 heavy (non-hydrogen) atoms. The summed E-state index contributed by atoms with van der Waals surface area (Å²) in [6, 6.07) is 4.46. The Labute approximate surface area is 121 Å². The number of aromatic nitrogens is 2. The maximum atomic E-state index is 11.0. The molecule has 6 nitrogen and oxygen atoms in total. The second-order valence-corrected chi connectivity index (χ2v) is 4.91. The van der Waals surface area contributed by atoms with Crippen LogP contribution in [0.5, 0.6) is 11.6 Å². The summed E-state index contributed by atoms with van der Waals surface area (Å²) in [5.41, 5.74) is 0.456. The zero-order chi connectivity index (χ0) is 14.0. The van der Waals surface area contributed by atoms with Gasteiger partial charge in [-0.3, -0.25) is 10.1 Å². The quantitative estimate of drug-likeness (QED) is 0.479. The van der Waals surface area contributed by atoms with E-state index in [4.69, 9.17) is 16.3 Å². The minimum Gasteiger partial charge on any atom is -0.431 e. The van der Waals surface area contributed by atoms with E-state index in [9.17, 15) is 10.1 Å². The Morgan fingerprint density at radius 3 is 2.74 bits per heavy atom. The van der Waals surface area contributed by atoms with Crippen molar-refractivity contribution >= 4 is 33.2 Å². The van der Waals surface area contributed by atoms with Gasteiger partial charge in [0.15, 0.2) is 0 Å². The number of ether oxygens (including phenoxy) is 1. The molecule has 0 radical (unpaired) electrons. The molecule has 8 heteroatoms. The second-order valence-electron chi connectivity index (χ2n) is 3.61. The van der Waals surface area contributed by atoms with Crippen LogP contribution in [0.15, 0.2) is 29.0 Å². The van der Waals surface area contributed by atoms with E-state index in [0.29, 0.717) is 10.0 Å². The molecular formula is C11H7BrClN3O3. The molecule has 0 unspecified atom stereocenters. The average molecular weight is 345 g/mol. The van der Waals surface area contributed by atoms with E-state index in [0.717, 1.165) is 0 Å². The van der Waals surface area contributed by atoms with E-state index in [2.05, 4.69) is 25.9 Å². The van der Waals surface area contributed by atoms with E-state index in [-0.39, 0.29) is 22.5 Å². The number of halogens is 2. The molecule has 0 aliphatic carbocycles. The third-order valence-electron chi connectivity index (χ3n) is 2.23. The average Bonchev–Trinajstić information content (AvgIpc) is 2.32. The summed E-state index contributed by atoms with van der Waals surface area (Å²) < 4.78 is 6.04. The highest BCUT2D eigenvalue weighted by atomic mass is 79.9. The Balaban J connectivity index is 2.47. The molecule has 0 fully saturated rings. The van der Waals surface area contributed by atoms with Crippen molar-refractivity contribution < 1.29 is 9.66 Å². The molecule has 0 bridgehead atoms. The van der Waals surface area contributed by atoms with Crippen LogP contribution in [-0.4, -0.2) is 14.9 Å². The van der Waals surface area contributed by atoms with Gasteiger partial charge < -0.3 is 4.74 Å². The van der Waals surface area contributed by atoms with Gasteiger partial charge in [0.25, 0.3) is 0 Å². The Morgan fingerprint density at radius 2 is 2.11 bits per heavy atom. The summed E-state index contributed by atoms with van der Waals surface area (Å²) >= 11 is 8.91. The Bertz CT molecular complexity index is 651. The number of aryl methyl sites for hydroxylation is 1. The highest BCUT2D eigenvalue weighted by Gasteiger charge is 2.20. The van der Waals surface area contributed by atoms with E-state index < -0.39 is 4.92 Å². The van der Waals surface area contributed by atoms with Crippen molar-refractivity contribution in [2.24, 2.45) is 0 Å². The van der Waals surface area contributed by atoms with Crippen LogP contribution in [0.2, 0.25) is 5.15 Å². The highest BCUT2D eigenvalue weighted by molar-refractivity contribution is 9.10. The SMILES string of the molecule is Cc1cc(Br)cc([N+](=O)[O-])c1Oc1cc(Cl)ncn1. The molecule has 98 valence electrons. The fourth-order valence-electron chi connectivity index (χ4n) is 1.46. The molecule has 1 heterocycles. The second kappa shape index (κ2) is 5.50. The molecule has 2 rings (SSSR count). The first kappa shape index (κ1) is 13.7. The van der Waals surface area contributed by atoms with Gasteiger partial charge in [-0.15, -0.1) is 0 Å². The standard InChI is InChI=1S/C11H7BrClN3O3/c1-6-2-7(12)3-8(16(17)18)11(6)19-10-4-9(13)14-5-15-10/h2-5H,1H3. The zero-order valence-electron chi connectivity index (χ0n) is 9.63. The van der Waals surface area contributed by atoms with Crippen molar-refractivity contribution in [3.8, 4) is 11.6 Å². The molecular weight excluding hydrogens is 337 g/mol. The number of benzene rings is 1. The molecule has 0 saturated heterocycles. The van der Waals surface area contributed by atoms with Crippen molar-refractivity contribution in [3.63, 3.8) is 0 Å². The lowest BCUT2D eigenvalue weighted by atomic mass is 10.2.